The quantitative estimate of drug-likeness (QED) is 0.349. The summed E-state index contributed by atoms with van der Waals surface area (Å²) in [6, 6.07) is 3.08. The van der Waals surface area contributed by atoms with E-state index in [0.29, 0.717) is 22.0 Å². The molecule has 0 aliphatic heterocycles. The maximum atomic E-state index is 9.86. The van der Waals surface area contributed by atoms with Gasteiger partial charge in [-0.15, -0.1) is 0 Å². The molecule has 15 heavy (non-hydrogen) atoms. The van der Waals surface area contributed by atoms with E-state index in [-0.39, 0.29) is 13.2 Å². The third-order valence-corrected chi connectivity index (χ3v) is 1.94. The molecular formula is C9H10ClN3O2. The van der Waals surface area contributed by atoms with Crippen LogP contribution in [0.15, 0.2) is 17.3 Å². The minimum atomic E-state index is 0.0455. The van der Waals surface area contributed by atoms with Crippen LogP contribution in [-0.4, -0.2) is 19.4 Å². The van der Waals surface area contributed by atoms with Crippen molar-refractivity contribution < 1.29 is 4.74 Å². The molecule has 1 aromatic rings. The zero-order valence-corrected chi connectivity index (χ0v) is 8.62. The maximum absolute atomic E-state index is 9.86. The van der Waals surface area contributed by atoms with Gasteiger partial charge in [0, 0.05) is 16.9 Å². The molecule has 80 valence electrons. The lowest BCUT2D eigenvalue weighted by molar-refractivity contribution is 0.328. The Kier molecular flexibility index (Phi) is 4.05. The summed E-state index contributed by atoms with van der Waals surface area (Å²) in [6.45, 7) is 0.188. The molecule has 0 aromatic heterocycles. The molecule has 0 bridgehead atoms. The monoisotopic (exact) mass is 227 g/mol. The van der Waals surface area contributed by atoms with Gasteiger partial charge in [-0.05, 0) is 12.1 Å². The van der Waals surface area contributed by atoms with Crippen LogP contribution in [0.1, 0.15) is 5.56 Å². The topological polar surface area (TPSA) is 88.5 Å². The summed E-state index contributed by atoms with van der Waals surface area (Å²) in [5, 5.41) is 10.2. The first kappa shape index (κ1) is 11.5. The molecule has 0 spiro atoms. The molecule has 0 fully saturated rings. The van der Waals surface area contributed by atoms with Crippen LogP contribution in [0, 0.1) is 10.3 Å². The number of nitrogen functional groups attached to an aromatic ring is 1. The normalized spacial score (nSPS) is 9.67. The third kappa shape index (κ3) is 2.92. The summed E-state index contributed by atoms with van der Waals surface area (Å²) in [5.41, 5.74) is 6.45. The summed E-state index contributed by atoms with van der Waals surface area (Å²) < 4.78 is 5.22. The molecule has 0 aliphatic rings. The van der Waals surface area contributed by atoms with Gasteiger partial charge in [0.2, 0.25) is 0 Å². The summed E-state index contributed by atoms with van der Waals surface area (Å²) in [6.07, 6.45) is 1.08. The van der Waals surface area contributed by atoms with E-state index in [2.05, 4.69) is 5.18 Å². The lowest BCUT2D eigenvalue weighted by Gasteiger charge is -2.09. The van der Waals surface area contributed by atoms with E-state index in [1.54, 1.807) is 6.07 Å². The van der Waals surface area contributed by atoms with Crippen LogP contribution in [0.2, 0.25) is 5.02 Å². The number of nitrogens with zero attached hydrogens (tertiary/aromatic N) is 1. The SMILES string of the molecule is N=Cc1c(N)cc(Cl)cc1OCCN=O. The Labute approximate surface area is 91.7 Å². The number of benzene rings is 1. The number of nitrogens with two attached hydrogens (primary N) is 1. The molecule has 0 amide bonds. The summed E-state index contributed by atoms with van der Waals surface area (Å²) in [4.78, 5) is 9.86. The predicted octanol–water partition coefficient (Wildman–Crippen LogP) is 2.07. The Morgan fingerprint density at radius 1 is 1.60 bits per heavy atom. The highest BCUT2D eigenvalue weighted by Gasteiger charge is 2.07. The van der Waals surface area contributed by atoms with Crippen molar-refractivity contribution in [3.8, 4) is 5.75 Å². The summed E-state index contributed by atoms with van der Waals surface area (Å²) in [7, 11) is 0. The number of anilines is 1. The lowest BCUT2D eigenvalue weighted by Crippen LogP contribution is -2.04. The molecule has 5 nitrogen and oxygen atoms in total. The summed E-state index contributed by atoms with van der Waals surface area (Å²) in [5.74, 6) is 0.388. The van der Waals surface area contributed by atoms with Gasteiger partial charge >= 0.3 is 0 Å². The van der Waals surface area contributed by atoms with Crippen molar-refractivity contribution in [3.63, 3.8) is 0 Å². The molecule has 0 unspecified atom stereocenters. The Morgan fingerprint density at radius 3 is 2.93 bits per heavy atom. The Bertz CT molecular complexity index is 382. The van der Waals surface area contributed by atoms with Crippen LogP contribution < -0.4 is 10.5 Å². The van der Waals surface area contributed by atoms with Crippen molar-refractivity contribution in [1.29, 1.82) is 5.41 Å². The fraction of sp³-hybridized carbons (Fsp3) is 0.222. The maximum Gasteiger partial charge on any atom is 0.131 e. The first-order chi connectivity index (χ1) is 7.19. The minimum absolute atomic E-state index is 0.0455. The number of halogens is 1. The number of hydrogen-bond donors (Lipinski definition) is 2. The second-order valence-corrected chi connectivity index (χ2v) is 3.19. The number of nitroso groups, excluding NO2 is 1. The van der Waals surface area contributed by atoms with Crippen molar-refractivity contribution in [3.05, 3.63) is 27.6 Å². The molecule has 0 aliphatic carbocycles. The van der Waals surface area contributed by atoms with Gasteiger partial charge in [-0.2, -0.15) is 4.91 Å². The average Bonchev–Trinajstić information content (AvgIpc) is 2.17. The van der Waals surface area contributed by atoms with Gasteiger partial charge in [-0.1, -0.05) is 16.8 Å². The van der Waals surface area contributed by atoms with Gasteiger partial charge in [-0.3, -0.25) is 0 Å². The number of ether oxygens (including phenoxy) is 1. The smallest absolute Gasteiger partial charge is 0.131 e. The molecule has 1 rings (SSSR count). The Balaban J connectivity index is 2.93. The highest BCUT2D eigenvalue weighted by molar-refractivity contribution is 6.31. The van der Waals surface area contributed by atoms with Gasteiger partial charge in [0.15, 0.2) is 0 Å². The van der Waals surface area contributed by atoms with E-state index < -0.39 is 0 Å². The lowest BCUT2D eigenvalue weighted by atomic mass is 10.2. The second-order valence-electron chi connectivity index (χ2n) is 2.75. The van der Waals surface area contributed by atoms with Crippen LogP contribution in [0.3, 0.4) is 0 Å². The van der Waals surface area contributed by atoms with Gasteiger partial charge in [0.25, 0.3) is 0 Å². The fourth-order valence-electron chi connectivity index (χ4n) is 1.08. The molecule has 0 saturated carbocycles. The zero-order valence-electron chi connectivity index (χ0n) is 7.87. The van der Waals surface area contributed by atoms with Crippen molar-refractivity contribution in [2.75, 3.05) is 18.9 Å². The van der Waals surface area contributed by atoms with E-state index >= 15 is 0 Å². The third-order valence-electron chi connectivity index (χ3n) is 1.72. The molecule has 0 heterocycles. The van der Waals surface area contributed by atoms with Crippen LogP contribution in [0.5, 0.6) is 5.75 Å². The highest BCUT2D eigenvalue weighted by atomic mass is 35.5. The number of nitrogens with one attached hydrogen (secondary N) is 1. The number of hydrogen-bond acceptors (Lipinski definition) is 5. The van der Waals surface area contributed by atoms with Gasteiger partial charge in [-0.25, -0.2) is 0 Å². The van der Waals surface area contributed by atoms with E-state index in [9.17, 15) is 4.91 Å². The van der Waals surface area contributed by atoms with Crippen molar-refractivity contribution >= 4 is 23.5 Å². The van der Waals surface area contributed by atoms with Crippen molar-refractivity contribution in [2.45, 2.75) is 0 Å². The van der Waals surface area contributed by atoms with Crippen molar-refractivity contribution in [1.82, 2.24) is 0 Å². The molecule has 1 aromatic carbocycles. The molecule has 0 atom stereocenters. The average molecular weight is 228 g/mol. The Hall–Kier alpha value is -1.62. The fourth-order valence-corrected chi connectivity index (χ4v) is 1.30. The second kappa shape index (κ2) is 5.31. The van der Waals surface area contributed by atoms with E-state index in [4.69, 9.17) is 27.5 Å². The summed E-state index contributed by atoms with van der Waals surface area (Å²) >= 11 is 5.77. The van der Waals surface area contributed by atoms with Crippen LogP contribution in [-0.2, 0) is 0 Å². The first-order valence-corrected chi connectivity index (χ1v) is 4.58. The largest absolute Gasteiger partial charge is 0.491 e. The van der Waals surface area contributed by atoms with Crippen LogP contribution in [0.25, 0.3) is 0 Å². The van der Waals surface area contributed by atoms with Gasteiger partial charge in [0.05, 0.1) is 5.56 Å². The molecule has 0 saturated heterocycles. The van der Waals surface area contributed by atoms with Crippen molar-refractivity contribution in [2.24, 2.45) is 5.18 Å². The highest BCUT2D eigenvalue weighted by Crippen LogP contribution is 2.27. The first-order valence-electron chi connectivity index (χ1n) is 4.20. The zero-order chi connectivity index (χ0) is 11.3. The predicted molar refractivity (Wildman–Crippen MR) is 59.9 cm³/mol. The Morgan fingerprint density at radius 2 is 2.33 bits per heavy atom. The molecule has 3 N–H and O–H groups in total. The van der Waals surface area contributed by atoms with Crippen LogP contribution >= 0.6 is 11.6 Å². The molecule has 6 heteroatoms. The van der Waals surface area contributed by atoms with Crippen LogP contribution in [0.4, 0.5) is 5.69 Å². The van der Waals surface area contributed by atoms with E-state index in [1.165, 1.54) is 6.07 Å². The molecular weight excluding hydrogens is 218 g/mol. The number of rotatable bonds is 5. The van der Waals surface area contributed by atoms with Gasteiger partial charge < -0.3 is 15.9 Å². The van der Waals surface area contributed by atoms with E-state index in [0.717, 1.165) is 6.21 Å². The van der Waals surface area contributed by atoms with Gasteiger partial charge in [0.1, 0.15) is 18.9 Å². The van der Waals surface area contributed by atoms with E-state index in [1.807, 2.05) is 0 Å². The molecule has 0 radical (unpaired) electrons. The minimum Gasteiger partial charge on any atom is -0.491 e. The standard InChI is InChI=1S/C9H10ClN3O2/c10-6-3-8(12)7(5-11)9(4-6)15-2-1-13-14/h3-5,11H,1-2,12H2.